The van der Waals surface area contributed by atoms with Crippen LogP contribution in [0.1, 0.15) is 105 Å². The van der Waals surface area contributed by atoms with Crippen LogP contribution in [0.15, 0.2) is 30.4 Å². The van der Waals surface area contributed by atoms with Crippen molar-refractivity contribution in [3.63, 3.8) is 0 Å². The Bertz CT molecular complexity index is 2080. The molecule has 1 aromatic heterocycles. The van der Waals surface area contributed by atoms with Gasteiger partial charge in [0.1, 0.15) is 40.8 Å². The average molecular weight is 841 g/mol. The van der Waals surface area contributed by atoms with Crippen molar-refractivity contribution in [1.29, 1.82) is 0 Å². The summed E-state index contributed by atoms with van der Waals surface area (Å²) >= 11 is 0. The maximum atomic E-state index is 15.1. The summed E-state index contributed by atoms with van der Waals surface area (Å²) in [6, 6.07) is 2.99. The zero-order valence-corrected chi connectivity index (χ0v) is 36.4. The highest BCUT2D eigenvalue weighted by atomic mass is 32.2. The highest BCUT2D eigenvalue weighted by Gasteiger charge is 2.63. The van der Waals surface area contributed by atoms with Crippen molar-refractivity contribution in [2.45, 2.75) is 133 Å². The number of hydrogen-bond donors (Lipinski definition) is 3. The Morgan fingerprint density at radius 2 is 1.81 bits per heavy atom. The number of amides is 4. The molecule has 0 spiro atoms. The van der Waals surface area contributed by atoms with E-state index in [9.17, 15) is 22.8 Å². The van der Waals surface area contributed by atoms with Crippen LogP contribution in [0.25, 0.3) is 11.0 Å². The first kappa shape index (κ1) is 44.1. The Morgan fingerprint density at radius 3 is 2.46 bits per heavy atom. The highest BCUT2D eigenvalue weighted by molar-refractivity contribution is 7.91. The number of nitrogens with zero attached hydrogens (tertiary/aromatic N) is 3. The maximum absolute atomic E-state index is 15.1. The largest absolute Gasteiger partial charge is 0.497 e. The lowest BCUT2D eigenvalue weighted by Crippen LogP contribution is -2.60. The Balaban J connectivity index is 1.39. The van der Waals surface area contributed by atoms with E-state index >= 15 is 4.79 Å². The lowest BCUT2D eigenvalue weighted by atomic mass is 9.87. The molecule has 2 saturated carbocycles. The minimum Gasteiger partial charge on any atom is -0.497 e. The van der Waals surface area contributed by atoms with Gasteiger partial charge in [0.2, 0.25) is 27.7 Å². The summed E-state index contributed by atoms with van der Waals surface area (Å²) in [7, 11) is -0.943. The van der Waals surface area contributed by atoms with Crippen LogP contribution in [0.4, 0.5) is 4.79 Å². The van der Waals surface area contributed by atoms with Gasteiger partial charge in [-0.1, -0.05) is 32.9 Å². The number of allylic oxidation sites excluding steroid dienone is 1. The number of hydrogen-bond acceptors (Lipinski definition) is 12. The maximum Gasteiger partial charge on any atom is 0.408 e. The number of benzene rings is 1. The van der Waals surface area contributed by atoms with Crippen LogP contribution in [0.2, 0.25) is 0 Å². The third kappa shape index (κ3) is 9.77. The average Bonchev–Trinajstić information content (AvgIpc) is 4.03. The van der Waals surface area contributed by atoms with Crippen LogP contribution in [-0.4, -0.2) is 109 Å². The molecule has 0 unspecified atom stereocenters. The van der Waals surface area contributed by atoms with Gasteiger partial charge >= 0.3 is 6.09 Å². The first-order valence-electron chi connectivity index (χ1n) is 20.6. The summed E-state index contributed by atoms with van der Waals surface area (Å²) in [6.07, 6.45) is 5.10. The molecule has 324 valence electrons. The Hall–Kier alpha value is -4.51. The Kier molecular flexibility index (Phi) is 12.6. The first-order chi connectivity index (χ1) is 27.7. The predicted molar refractivity (Wildman–Crippen MR) is 219 cm³/mol. The summed E-state index contributed by atoms with van der Waals surface area (Å²) in [6.45, 7) is 12.8. The molecule has 3 N–H and O–H groups in total. The molecule has 2 aliphatic heterocycles. The van der Waals surface area contributed by atoms with Crippen molar-refractivity contribution < 1.29 is 46.5 Å². The van der Waals surface area contributed by atoms with E-state index in [0.29, 0.717) is 54.6 Å². The van der Waals surface area contributed by atoms with Crippen molar-refractivity contribution in [3.05, 3.63) is 36.0 Å². The number of fused-ring (bicyclic) bond motifs is 3. The molecule has 59 heavy (non-hydrogen) atoms. The molecule has 1 aromatic carbocycles. The molecule has 1 saturated heterocycles. The fourth-order valence-corrected chi connectivity index (χ4v) is 9.32. The monoisotopic (exact) mass is 840 g/mol. The van der Waals surface area contributed by atoms with Crippen molar-refractivity contribution in [3.8, 4) is 11.6 Å². The van der Waals surface area contributed by atoms with E-state index in [1.165, 1.54) is 12.0 Å². The molecule has 4 amide bonds. The van der Waals surface area contributed by atoms with Gasteiger partial charge < -0.3 is 34.5 Å². The fourth-order valence-electron chi connectivity index (χ4n) is 8.00. The molecular weight excluding hydrogens is 781 g/mol. The zero-order chi connectivity index (χ0) is 43.1. The van der Waals surface area contributed by atoms with Crippen LogP contribution in [0.5, 0.6) is 11.6 Å². The number of methoxy groups -OCH3 is 2. The van der Waals surface area contributed by atoms with Crippen molar-refractivity contribution in [2.24, 2.45) is 17.8 Å². The SMILES string of the molecule is COC[C@@H]1C[C@H](C)CC/C=C\[C@H]2C[C@]2(C(=O)NS(=O)(=O)C2(C)CC2)NC(=O)[C@@H]2C[C@@H](Oc3nc4cc(OC)ccc4nc3C(C)C)CN2C(=O)[C@H]1NC(=O)OC(C)(C)C. The van der Waals surface area contributed by atoms with Crippen LogP contribution >= 0.6 is 0 Å². The second kappa shape index (κ2) is 16.9. The molecule has 4 aliphatic rings. The summed E-state index contributed by atoms with van der Waals surface area (Å²) in [5.74, 6) is -2.24. The van der Waals surface area contributed by atoms with Crippen LogP contribution in [0.3, 0.4) is 0 Å². The Morgan fingerprint density at radius 1 is 1.08 bits per heavy atom. The second-order valence-corrected chi connectivity index (χ2v) is 20.4. The molecule has 3 heterocycles. The number of aromatic nitrogens is 2. The van der Waals surface area contributed by atoms with Crippen LogP contribution < -0.4 is 24.8 Å². The van der Waals surface area contributed by atoms with Gasteiger partial charge in [0.25, 0.3) is 5.91 Å². The number of sulfonamides is 1. The molecule has 6 rings (SSSR count). The smallest absolute Gasteiger partial charge is 0.408 e. The van der Waals surface area contributed by atoms with Gasteiger partial charge in [-0.3, -0.25) is 19.1 Å². The zero-order valence-electron chi connectivity index (χ0n) is 35.6. The standard InChI is InChI=1S/C42H60N6O10S/c1-24(2)33-36(44-31-19-28(56-9)14-15-30(31)43-33)57-29-20-32-35(49)46-42(38(51)47-59(53,54)41(7)16-17-41)21-27(42)13-11-10-12-25(3)18-26(23-55-8)34(37(50)48(32)22-29)45-39(52)58-40(4,5)6/h11,13-15,19,24-27,29,32,34H,10,12,16-18,20-23H2,1-9H3,(H,45,52)(H,46,49)(H,47,51)/b13-11-/t25-,26+,27+,29-,32+,34+,42+/m1/s1. The minimum atomic E-state index is -4.03. The van der Waals surface area contributed by atoms with Crippen LogP contribution in [-0.2, 0) is 33.9 Å². The van der Waals surface area contributed by atoms with Gasteiger partial charge in [-0.15, -0.1) is 0 Å². The van der Waals surface area contributed by atoms with Crippen molar-refractivity contribution >= 4 is 44.9 Å². The number of ether oxygens (including phenoxy) is 4. The fraction of sp³-hybridized carbons (Fsp3) is 0.667. The van der Waals surface area contributed by atoms with E-state index in [4.69, 9.17) is 28.9 Å². The molecule has 17 heteroatoms. The van der Waals surface area contributed by atoms with E-state index in [1.54, 1.807) is 46.9 Å². The molecular formula is C42H60N6O10S. The van der Waals surface area contributed by atoms with Crippen molar-refractivity contribution in [1.82, 2.24) is 30.2 Å². The first-order valence-corrected chi connectivity index (χ1v) is 22.0. The van der Waals surface area contributed by atoms with Gasteiger partial charge in [0, 0.05) is 37.4 Å². The van der Waals surface area contributed by atoms with Gasteiger partial charge in [-0.25, -0.2) is 23.2 Å². The lowest BCUT2D eigenvalue weighted by molar-refractivity contribution is -0.142. The second-order valence-electron chi connectivity index (χ2n) is 18.2. The molecule has 2 aliphatic carbocycles. The van der Waals surface area contributed by atoms with E-state index in [1.807, 2.05) is 32.1 Å². The number of carbonyl (C=O) groups is 4. The van der Waals surface area contributed by atoms with Gasteiger partial charge in [0.15, 0.2) is 0 Å². The minimum absolute atomic E-state index is 0.00792. The molecule has 0 radical (unpaired) electrons. The molecule has 3 fully saturated rings. The summed E-state index contributed by atoms with van der Waals surface area (Å²) < 4.78 is 51.0. The predicted octanol–water partition coefficient (Wildman–Crippen LogP) is 4.52. The number of alkyl carbamates (subject to hydrolysis) is 1. The normalized spacial score (nSPS) is 28.9. The number of carbonyl (C=O) groups excluding carboxylic acids is 4. The van der Waals surface area contributed by atoms with E-state index < -0.39 is 79.7 Å². The molecule has 0 bridgehead atoms. The van der Waals surface area contributed by atoms with Crippen molar-refractivity contribution in [2.75, 3.05) is 27.4 Å². The third-order valence-electron chi connectivity index (χ3n) is 11.8. The van der Waals surface area contributed by atoms with Gasteiger partial charge in [-0.05, 0) is 84.3 Å². The molecule has 2 aromatic rings. The van der Waals surface area contributed by atoms with Crippen LogP contribution in [0, 0.1) is 17.8 Å². The van der Waals surface area contributed by atoms with E-state index in [0.717, 1.165) is 0 Å². The van der Waals surface area contributed by atoms with E-state index in [-0.39, 0.29) is 43.7 Å². The Labute approximate surface area is 347 Å². The van der Waals surface area contributed by atoms with Gasteiger partial charge in [-0.2, -0.15) is 0 Å². The summed E-state index contributed by atoms with van der Waals surface area (Å²) in [4.78, 5) is 68.3. The summed E-state index contributed by atoms with van der Waals surface area (Å²) in [5.41, 5.74) is -0.683. The lowest BCUT2D eigenvalue weighted by Gasteiger charge is -2.34. The highest BCUT2D eigenvalue weighted by Crippen LogP contribution is 2.47. The number of nitrogens with one attached hydrogen (secondary N) is 3. The molecule has 7 atom stereocenters. The topological polar surface area (TPSA) is 204 Å². The summed E-state index contributed by atoms with van der Waals surface area (Å²) in [5, 5.41) is 5.74. The molecule has 16 nitrogen and oxygen atoms in total. The van der Waals surface area contributed by atoms with E-state index in [2.05, 4.69) is 22.3 Å². The van der Waals surface area contributed by atoms with Gasteiger partial charge in [0.05, 0.1) is 36.0 Å². The quantitative estimate of drug-likeness (QED) is 0.283. The number of rotatable bonds is 10. The third-order valence-corrected chi connectivity index (χ3v) is 14.0.